The molecule has 5 nitrogen and oxygen atoms in total. The molecule has 0 bridgehead atoms. The molecule has 6 heteroatoms. The summed E-state index contributed by atoms with van der Waals surface area (Å²) in [6, 6.07) is 8.85. The van der Waals surface area contributed by atoms with Crippen LogP contribution in [0, 0.1) is 0 Å². The minimum atomic E-state index is -0.955. The number of aliphatic hydroxyl groups is 1. The van der Waals surface area contributed by atoms with Crippen LogP contribution in [0.25, 0.3) is 0 Å². The second-order valence-corrected chi connectivity index (χ2v) is 7.66. The van der Waals surface area contributed by atoms with Gasteiger partial charge in [-0.25, -0.2) is 9.97 Å². The predicted molar refractivity (Wildman–Crippen MR) is 100 cm³/mol. The number of nitrogens with zero attached hydrogens (tertiary/aromatic N) is 2. The summed E-state index contributed by atoms with van der Waals surface area (Å²) in [6.45, 7) is 7.14. The van der Waals surface area contributed by atoms with Crippen LogP contribution in [0.2, 0.25) is 0 Å². The van der Waals surface area contributed by atoms with E-state index in [1.165, 1.54) is 11.1 Å². The van der Waals surface area contributed by atoms with E-state index in [4.69, 9.17) is 4.65 Å². The Balaban J connectivity index is 1.55. The number of hydrogen-bond acceptors (Lipinski definition) is 5. The monoisotopic (exact) mass is 338 g/mol. The third kappa shape index (κ3) is 4.19. The minimum Gasteiger partial charge on any atom is -0.427 e. The number of rotatable bonds is 6. The van der Waals surface area contributed by atoms with Gasteiger partial charge in [0.25, 0.3) is 0 Å². The molecule has 1 aliphatic rings. The van der Waals surface area contributed by atoms with Gasteiger partial charge in [0.05, 0.1) is 11.2 Å². The Morgan fingerprint density at radius 1 is 1.08 bits per heavy atom. The van der Waals surface area contributed by atoms with E-state index in [0.29, 0.717) is 12.0 Å². The van der Waals surface area contributed by atoms with Crippen LogP contribution in [-0.2, 0) is 17.5 Å². The van der Waals surface area contributed by atoms with Crippen molar-refractivity contribution in [2.75, 3.05) is 5.32 Å². The SMILES string of the molecule is CC(C)(O)C(C)(C)O[B]c1cnc(NC2Cc3ccccc3C2)nc1. The van der Waals surface area contributed by atoms with E-state index in [1.807, 2.05) is 13.8 Å². The molecule has 3 rings (SSSR count). The van der Waals surface area contributed by atoms with Gasteiger partial charge in [0.2, 0.25) is 5.95 Å². The summed E-state index contributed by atoms with van der Waals surface area (Å²) in [5.41, 5.74) is 1.89. The van der Waals surface area contributed by atoms with Crippen LogP contribution in [0.5, 0.6) is 0 Å². The lowest BCUT2D eigenvalue weighted by Crippen LogP contribution is -2.49. The van der Waals surface area contributed by atoms with Crippen molar-refractivity contribution in [3.63, 3.8) is 0 Å². The lowest BCUT2D eigenvalue weighted by Gasteiger charge is -2.37. The second-order valence-electron chi connectivity index (χ2n) is 7.66. The molecule has 1 aliphatic carbocycles. The Kier molecular flexibility index (Phi) is 4.84. The van der Waals surface area contributed by atoms with Crippen molar-refractivity contribution < 1.29 is 9.76 Å². The summed E-state index contributed by atoms with van der Waals surface area (Å²) in [4.78, 5) is 8.74. The molecule has 0 saturated carbocycles. The van der Waals surface area contributed by atoms with Crippen LogP contribution in [0.4, 0.5) is 5.95 Å². The number of fused-ring (bicyclic) bond motifs is 1. The molecule has 0 saturated heterocycles. The van der Waals surface area contributed by atoms with Crippen LogP contribution in [0.3, 0.4) is 0 Å². The van der Waals surface area contributed by atoms with Gasteiger partial charge >= 0.3 is 7.48 Å². The summed E-state index contributed by atoms with van der Waals surface area (Å²) in [5, 5.41) is 13.5. The Morgan fingerprint density at radius 3 is 2.16 bits per heavy atom. The maximum absolute atomic E-state index is 10.1. The highest BCUT2D eigenvalue weighted by Gasteiger charge is 2.35. The van der Waals surface area contributed by atoms with E-state index in [2.05, 4.69) is 39.6 Å². The molecule has 0 atom stereocenters. The molecule has 0 unspecified atom stereocenters. The first-order valence-corrected chi connectivity index (χ1v) is 8.63. The smallest absolute Gasteiger partial charge is 0.334 e. The Bertz CT molecular complexity index is 701. The van der Waals surface area contributed by atoms with Gasteiger partial charge < -0.3 is 15.1 Å². The Morgan fingerprint density at radius 2 is 1.64 bits per heavy atom. The molecule has 0 spiro atoms. The number of anilines is 1. The van der Waals surface area contributed by atoms with Gasteiger partial charge in [-0.2, -0.15) is 0 Å². The van der Waals surface area contributed by atoms with Gasteiger partial charge in [0.1, 0.15) is 0 Å². The molecule has 2 aromatic rings. The third-order valence-corrected chi connectivity index (χ3v) is 5.02. The Labute approximate surface area is 150 Å². The molecule has 1 radical (unpaired) electrons. The molecule has 0 fully saturated rings. The summed E-state index contributed by atoms with van der Waals surface area (Å²) in [7, 11) is 1.59. The molecule has 0 aliphatic heterocycles. The maximum atomic E-state index is 10.1. The molecule has 131 valence electrons. The van der Waals surface area contributed by atoms with Crippen molar-refractivity contribution >= 4 is 18.9 Å². The summed E-state index contributed by atoms with van der Waals surface area (Å²) < 4.78 is 5.72. The number of hydrogen-bond donors (Lipinski definition) is 2. The molecule has 1 aromatic heterocycles. The molecular formula is C19H25BN3O2. The normalized spacial score (nSPS) is 15.1. The zero-order valence-electron chi connectivity index (χ0n) is 15.3. The third-order valence-electron chi connectivity index (χ3n) is 5.02. The average molecular weight is 338 g/mol. The first kappa shape index (κ1) is 17.9. The van der Waals surface area contributed by atoms with Crippen LogP contribution < -0.4 is 10.8 Å². The quantitative estimate of drug-likeness (QED) is 0.787. The van der Waals surface area contributed by atoms with Gasteiger partial charge in [0.15, 0.2) is 0 Å². The highest BCUT2D eigenvalue weighted by Crippen LogP contribution is 2.24. The first-order chi connectivity index (χ1) is 11.7. The number of benzene rings is 1. The standard InChI is InChI=1S/C19H25BN3O2/c1-18(2,24)19(3,4)25-20-15-11-21-17(22-12-15)23-16-9-13-7-5-6-8-14(13)10-16/h5-8,11-12,16,24H,9-10H2,1-4H3,(H,21,22,23). The first-order valence-electron chi connectivity index (χ1n) is 8.63. The van der Waals surface area contributed by atoms with Crippen molar-refractivity contribution in [2.45, 2.75) is 57.8 Å². The topological polar surface area (TPSA) is 67.3 Å². The predicted octanol–water partition coefficient (Wildman–Crippen LogP) is 1.87. The molecule has 2 N–H and O–H groups in total. The van der Waals surface area contributed by atoms with Gasteiger partial charge in [-0.3, -0.25) is 0 Å². The number of aromatic nitrogens is 2. The minimum absolute atomic E-state index is 0.331. The summed E-state index contributed by atoms with van der Waals surface area (Å²) in [5.74, 6) is 0.622. The van der Waals surface area contributed by atoms with Crippen molar-refractivity contribution in [3.05, 3.63) is 47.8 Å². The maximum Gasteiger partial charge on any atom is 0.334 e. The molecule has 0 amide bonds. The fraction of sp³-hybridized carbons (Fsp3) is 0.474. The van der Waals surface area contributed by atoms with E-state index < -0.39 is 11.2 Å². The van der Waals surface area contributed by atoms with Crippen LogP contribution in [0.1, 0.15) is 38.8 Å². The van der Waals surface area contributed by atoms with E-state index in [1.54, 1.807) is 33.7 Å². The van der Waals surface area contributed by atoms with E-state index in [-0.39, 0.29) is 0 Å². The summed E-state index contributed by atoms with van der Waals surface area (Å²) in [6.07, 6.45) is 5.43. The second kappa shape index (κ2) is 6.77. The van der Waals surface area contributed by atoms with E-state index in [0.717, 1.165) is 18.3 Å². The Hall–Kier alpha value is -1.92. The number of nitrogens with one attached hydrogen (secondary N) is 1. The average Bonchev–Trinajstić information content (AvgIpc) is 2.95. The fourth-order valence-corrected chi connectivity index (χ4v) is 2.68. The van der Waals surface area contributed by atoms with E-state index >= 15 is 0 Å². The molecule has 1 heterocycles. The van der Waals surface area contributed by atoms with Crippen molar-refractivity contribution in [1.82, 2.24) is 9.97 Å². The van der Waals surface area contributed by atoms with Gasteiger partial charge in [-0.15, -0.1) is 0 Å². The van der Waals surface area contributed by atoms with Gasteiger partial charge in [0, 0.05) is 18.4 Å². The largest absolute Gasteiger partial charge is 0.427 e. The van der Waals surface area contributed by atoms with Gasteiger partial charge in [-0.1, -0.05) is 24.3 Å². The van der Waals surface area contributed by atoms with E-state index in [9.17, 15) is 5.11 Å². The highest BCUT2D eigenvalue weighted by molar-refractivity contribution is 6.46. The van der Waals surface area contributed by atoms with Crippen molar-refractivity contribution in [2.24, 2.45) is 0 Å². The van der Waals surface area contributed by atoms with Crippen LogP contribution in [0.15, 0.2) is 36.7 Å². The van der Waals surface area contributed by atoms with Crippen LogP contribution in [-0.4, -0.2) is 39.8 Å². The lowest BCUT2D eigenvalue weighted by atomic mass is 9.84. The zero-order chi connectivity index (χ0) is 18.1. The molecular weight excluding hydrogens is 313 g/mol. The molecule has 25 heavy (non-hydrogen) atoms. The summed E-state index contributed by atoms with van der Waals surface area (Å²) >= 11 is 0. The van der Waals surface area contributed by atoms with Crippen LogP contribution >= 0.6 is 0 Å². The lowest BCUT2D eigenvalue weighted by molar-refractivity contribution is -0.0893. The molecule has 1 aromatic carbocycles. The highest BCUT2D eigenvalue weighted by atomic mass is 16.5. The van der Waals surface area contributed by atoms with Crippen molar-refractivity contribution in [3.8, 4) is 0 Å². The zero-order valence-corrected chi connectivity index (χ0v) is 15.3. The van der Waals surface area contributed by atoms with Gasteiger partial charge in [-0.05, 0) is 57.1 Å². The van der Waals surface area contributed by atoms with Crippen molar-refractivity contribution in [1.29, 1.82) is 0 Å². The fourth-order valence-electron chi connectivity index (χ4n) is 2.68.